The van der Waals surface area contributed by atoms with Crippen LogP contribution in [0.5, 0.6) is 0 Å². The van der Waals surface area contributed by atoms with Crippen molar-refractivity contribution in [2.24, 2.45) is 5.84 Å². The Hall–Kier alpha value is -0.900. The lowest BCUT2D eigenvalue weighted by Gasteiger charge is -2.31. The first-order valence-electron chi connectivity index (χ1n) is 6.12. The van der Waals surface area contributed by atoms with Crippen LogP contribution >= 0.6 is 0 Å². The van der Waals surface area contributed by atoms with Crippen LogP contribution in [-0.4, -0.2) is 30.7 Å². The van der Waals surface area contributed by atoms with E-state index < -0.39 is 0 Å². The van der Waals surface area contributed by atoms with Crippen LogP contribution in [0.3, 0.4) is 0 Å². The van der Waals surface area contributed by atoms with Crippen LogP contribution in [0.25, 0.3) is 0 Å². The number of benzene rings is 1. The molecule has 0 saturated carbocycles. The monoisotopic (exact) mass is 219 g/mol. The Bertz CT molecular complexity index is 293. The van der Waals surface area contributed by atoms with Crippen LogP contribution in [0.15, 0.2) is 30.3 Å². The lowest BCUT2D eigenvalue weighted by atomic mass is 10.1. The minimum atomic E-state index is 0.560. The summed E-state index contributed by atoms with van der Waals surface area (Å²) >= 11 is 0. The Morgan fingerprint density at radius 3 is 2.56 bits per heavy atom. The fourth-order valence-corrected chi connectivity index (χ4v) is 2.22. The number of rotatable bonds is 4. The summed E-state index contributed by atoms with van der Waals surface area (Å²) < 4.78 is 0. The zero-order chi connectivity index (χ0) is 11.2. The maximum absolute atomic E-state index is 6.10. The van der Waals surface area contributed by atoms with Crippen molar-refractivity contribution in [3.63, 3.8) is 0 Å². The largest absolute Gasteiger partial charge is 0.317 e. The average Bonchev–Trinajstić information content (AvgIpc) is 2.38. The average molecular weight is 219 g/mol. The highest BCUT2D eigenvalue weighted by atomic mass is 15.4. The van der Waals surface area contributed by atoms with Crippen molar-refractivity contribution in [2.75, 3.05) is 19.6 Å². The topological polar surface area (TPSA) is 41.3 Å². The quantitative estimate of drug-likeness (QED) is 0.590. The molecule has 0 spiro atoms. The van der Waals surface area contributed by atoms with Gasteiger partial charge in [-0.3, -0.25) is 5.84 Å². The minimum Gasteiger partial charge on any atom is -0.317 e. The van der Waals surface area contributed by atoms with Gasteiger partial charge in [-0.15, -0.1) is 0 Å². The van der Waals surface area contributed by atoms with Gasteiger partial charge in [-0.2, -0.15) is 0 Å². The van der Waals surface area contributed by atoms with Gasteiger partial charge in [-0.25, -0.2) is 5.01 Å². The molecule has 1 saturated heterocycles. The molecule has 16 heavy (non-hydrogen) atoms. The number of hydrogen-bond acceptors (Lipinski definition) is 3. The lowest BCUT2D eigenvalue weighted by Crippen LogP contribution is -2.47. The molecule has 3 nitrogen and oxygen atoms in total. The number of nitrogens with zero attached hydrogens (tertiary/aromatic N) is 1. The van der Waals surface area contributed by atoms with Crippen LogP contribution in [-0.2, 0) is 6.42 Å². The van der Waals surface area contributed by atoms with E-state index in [1.54, 1.807) is 0 Å². The van der Waals surface area contributed by atoms with E-state index in [1.807, 2.05) is 5.01 Å². The van der Waals surface area contributed by atoms with Gasteiger partial charge in [-0.1, -0.05) is 30.3 Å². The Balaban J connectivity index is 1.76. The Labute approximate surface area is 97.6 Å². The van der Waals surface area contributed by atoms with E-state index in [4.69, 9.17) is 5.84 Å². The van der Waals surface area contributed by atoms with Crippen molar-refractivity contribution in [2.45, 2.75) is 25.3 Å². The number of nitrogens with two attached hydrogens (primary N) is 1. The van der Waals surface area contributed by atoms with Crippen molar-refractivity contribution in [3.05, 3.63) is 35.9 Å². The smallest absolute Gasteiger partial charge is 0.0265 e. The molecule has 0 aromatic heterocycles. The van der Waals surface area contributed by atoms with E-state index in [9.17, 15) is 0 Å². The fourth-order valence-electron chi connectivity index (χ4n) is 2.22. The highest BCUT2D eigenvalue weighted by Crippen LogP contribution is 2.09. The number of hydrazine groups is 1. The second-order valence-electron chi connectivity index (χ2n) is 4.45. The van der Waals surface area contributed by atoms with E-state index in [1.165, 1.54) is 18.4 Å². The summed E-state index contributed by atoms with van der Waals surface area (Å²) in [7, 11) is 0. The summed E-state index contributed by atoms with van der Waals surface area (Å²) in [5.41, 5.74) is 1.37. The van der Waals surface area contributed by atoms with Crippen molar-refractivity contribution in [3.8, 4) is 0 Å². The third kappa shape index (κ3) is 3.30. The molecule has 0 radical (unpaired) electrons. The number of nitrogens with one attached hydrogen (secondary N) is 1. The zero-order valence-corrected chi connectivity index (χ0v) is 9.73. The summed E-state index contributed by atoms with van der Waals surface area (Å²) in [6.45, 7) is 3.15. The van der Waals surface area contributed by atoms with Gasteiger partial charge in [-0.05, 0) is 37.9 Å². The van der Waals surface area contributed by atoms with Crippen molar-refractivity contribution in [1.82, 2.24) is 10.3 Å². The summed E-state index contributed by atoms with van der Waals surface area (Å²) in [5.74, 6) is 6.10. The normalized spacial score (nSPS) is 17.9. The second kappa shape index (κ2) is 5.99. The van der Waals surface area contributed by atoms with Gasteiger partial charge >= 0.3 is 0 Å². The van der Waals surface area contributed by atoms with Crippen molar-refractivity contribution in [1.29, 1.82) is 0 Å². The maximum Gasteiger partial charge on any atom is 0.0265 e. The van der Waals surface area contributed by atoms with E-state index in [-0.39, 0.29) is 0 Å². The second-order valence-corrected chi connectivity index (χ2v) is 4.45. The summed E-state index contributed by atoms with van der Waals surface area (Å²) in [5, 5.41) is 5.38. The van der Waals surface area contributed by atoms with Gasteiger partial charge in [0.1, 0.15) is 0 Å². The molecule has 2 rings (SSSR count). The minimum absolute atomic E-state index is 0.560. The highest BCUT2D eigenvalue weighted by molar-refractivity contribution is 5.14. The molecular formula is C13H21N3. The lowest BCUT2D eigenvalue weighted by molar-refractivity contribution is 0.166. The Morgan fingerprint density at radius 1 is 1.19 bits per heavy atom. The van der Waals surface area contributed by atoms with Gasteiger partial charge < -0.3 is 5.32 Å². The van der Waals surface area contributed by atoms with E-state index in [0.29, 0.717) is 6.04 Å². The van der Waals surface area contributed by atoms with Crippen LogP contribution < -0.4 is 11.2 Å². The third-order valence-electron chi connectivity index (χ3n) is 3.28. The standard InChI is InChI=1S/C13H21N3/c14-16(13-6-9-15-10-7-13)11-8-12-4-2-1-3-5-12/h1-5,13,15H,6-11,14H2. The molecule has 3 N–H and O–H groups in total. The molecule has 1 aliphatic heterocycles. The van der Waals surface area contributed by atoms with Crippen molar-refractivity contribution < 1.29 is 0 Å². The van der Waals surface area contributed by atoms with Crippen LogP contribution in [0.1, 0.15) is 18.4 Å². The molecule has 1 heterocycles. The first-order valence-corrected chi connectivity index (χ1v) is 6.12. The molecule has 3 heteroatoms. The fraction of sp³-hybridized carbons (Fsp3) is 0.538. The first kappa shape index (κ1) is 11.6. The predicted molar refractivity (Wildman–Crippen MR) is 66.9 cm³/mol. The summed E-state index contributed by atoms with van der Waals surface area (Å²) in [6, 6.07) is 11.1. The SMILES string of the molecule is NN(CCc1ccccc1)C1CCNCC1. The number of piperidine rings is 1. The highest BCUT2D eigenvalue weighted by Gasteiger charge is 2.17. The number of hydrogen-bond donors (Lipinski definition) is 2. The molecule has 1 aromatic carbocycles. The van der Waals surface area contributed by atoms with Crippen LogP contribution in [0, 0.1) is 0 Å². The van der Waals surface area contributed by atoms with Crippen LogP contribution in [0.2, 0.25) is 0 Å². The molecule has 0 amide bonds. The molecular weight excluding hydrogens is 198 g/mol. The van der Waals surface area contributed by atoms with Crippen molar-refractivity contribution >= 4 is 0 Å². The predicted octanol–water partition coefficient (Wildman–Crippen LogP) is 1.16. The molecule has 0 unspecified atom stereocenters. The van der Waals surface area contributed by atoms with E-state index in [0.717, 1.165) is 26.1 Å². The van der Waals surface area contributed by atoms with Gasteiger partial charge in [0.15, 0.2) is 0 Å². The van der Waals surface area contributed by atoms with Gasteiger partial charge in [0.05, 0.1) is 0 Å². The molecule has 1 fully saturated rings. The zero-order valence-electron chi connectivity index (χ0n) is 9.73. The van der Waals surface area contributed by atoms with Gasteiger partial charge in [0.2, 0.25) is 0 Å². The molecule has 1 aliphatic rings. The molecule has 1 aromatic rings. The summed E-state index contributed by atoms with van der Waals surface area (Å²) in [6.07, 6.45) is 3.39. The third-order valence-corrected chi connectivity index (χ3v) is 3.28. The molecule has 0 aliphatic carbocycles. The molecule has 0 bridgehead atoms. The Morgan fingerprint density at radius 2 is 1.88 bits per heavy atom. The molecule has 0 atom stereocenters. The summed E-state index contributed by atoms with van der Waals surface area (Å²) in [4.78, 5) is 0. The first-order chi connectivity index (χ1) is 7.86. The van der Waals surface area contributed by atoms with Gasteiger partial charge in [0.25, 0.3) is 0 Å². The Kier molecular flexibility index (Phi) is 4.34. The maximum atomic E-state index is 6.10. The molecule has 88 valence electrons. The van der Waals surface area contributed by atoms with Crippen LogP contribution in [0.4, 0.5) is 0 Å². The van der Waals surface area contributed by atoms with Gasteiger partial charge in [0, 0.05) is 12.6 Å². The van der Waals surface area contributed by atoms with E-state index >= 15 is 0 Å². The van der Waals surface area contributed by atoms with E-state index in [2.05, 4.69) is 35.6 Å².